The molecule has 0 heterocycles. The molecule has 1 aromatic rings. The molecule has 1 aliphatic rings. The minimum absolute atomic E-state index is 0.00226. The van der Waals surface area contributed by atoms with Gasteiger partial charge in [-0.1, -0.05) is 36.9 Å². The second-order valence-corrected chi connectivity index (χ2v) is 4.26. The largest absolute Gasteiger partial charge is 0.394 e. The van der Waals surface area contributed by atoms with Gasteiger partial charge in [-0.05, 0) is 24.0 Å². The predicted octanol–water partition coefficient (Wildman–Crippen LogP) is 1.81. The van der Waals surface area contributed by atoms with Gasteiger partial charge in [-0.2, -0.15) is 0 Å². The van der Waals surface area contributed by atoms with Crippen LogP contribution in [0.4, 0.5) is 0 Å². The lowest BCUT2D eigenvalue weighted by Crippen LogP contribution is -2.35. The Kier molecular flexibility index (Phi) is 2.89. The van der Waals surface area contributed by atoms with Gasteiger partial charge in [0.25, 0.3) is 0 Å². The quantitative estimate of drug-likeness (QED) is 0.765. The van der Waals surface area contributed by atoms with Gasteiger partial charge in [0, 0.05) is 12.1 Å². The standard InChI is InChI=1S/C13H17NO/c1-11(12-5-3-2-4-6-12)9-14-13(10-15)7-8-13/h2-6,14-15H,1,7-10H2. The van der Waals surface area contributed by atoms with E-state index in [1.807, 2.05) is 18.2 Å². The molecular formula is C13H17NO. The fourth-order valence-electron chi connectivity index (χ4n) is 1.61. The van der Waals surface area contributed by atoms with Crippen LogP contribution in [0, 0.1) is 0 Å². The molecule has 2 nitrogen and oxygen atoms in total. The van der Waals surface area contributed by atoms with Crippen LogP contribution >= 0.6 is 0 Å². The molecule has 0 atom stereocenters. The monoisotopic (exact) mass is 203 g/mol. The molecule has 1 fully saturated rings. The van der Waals surface area contributed by atoms with Crippen molar-refractivity contribution in [1.29, 1.82) is 0 Å². The van der Waals surface area contributed by atoms with Crippen molar-refractivity contribution in [3.05, 3.63) is 42.5 Å². The number of rotatable bonds is 5. The number of benzene rings is 1. The van der Waals surface area contributed by atoms with E-state index in [0.29, 0.717) is 0 Å². The van der Waals surface area contributed by atoms with Gasteiger partial charge in [-0.3, -0.25) is 0 Å². The summed E-state index contributed by atoms with van der Waals surface area (Å²) in [7, 11) is 0. The molecule has 0 aliphatic heterocycles. The molecule has 0 saturated heterocycles. The Morgan fingerprint density at radius 3 is 2.53 bits per heavy atom. The summed E-state index contributed by atoms with van der Waals surface area (Å²) in [5.41, 5.74) is 2.24. The Morgan fingerprint density at radius 2 is 2.00 bits per heavy atom. The van der Waals surface area contributed by atoms with Crippen molar-refractivity contribution in [3.8, 4) is 0 Å². The van der Waals surface area contributed by atoms with E-state index in [2.05, 4.69) is 24.0 Å². The summed E-state index contributed by atoms with van der Waals surface area (Å²) in [5.74, 6) is 0. The van der Waals surface area contributed by atoms with Crippen LogP contribution in [0.5, 0.6) is 0 Å². The minimum Gasteiger partial charge on any atom is -0.394 e. The topological polar surface area (TPSA) is 32.3 Å². The van der Waals surface area contributed by atoms with Crippen molar-refractivity contribution >= 4 is 5.57 Å². The normalized spacial score (nSPS) is 17.4. The van der Waals surface area contributed by atoms with E-state index in [-0.39, 0.29) is 12.1 Å². The number of hydrogen-bond donors (Lipinski definition) is 2. The molecule has 1 aromatic carbocycles. The maximum absolute atomic E-state index is 9.15. The second kappa shape index (κ2) is 4.17. The van der Waals surface area contributed by atoms with Crippen molar-refractivity contribution < 1.29 is 5.11 Å². The first-order chi connectivity index (χ1) is 7.26. The summed E-state index contributed by atoms with van der Waals surface area (Å²) in [5, 5.41) is 12.5. The first-order valence-corrected chi connectivity index (χ1v) is 5.35. The van der Waals surface area contributed by atoms with Crippen molar-refractivity contribution in [2.45, 2.75) is 18.4 Å². The van der Waals surface area contributed by atoms with E-state index in [4.69, 9.17) is 5.11 Å². The molecule has 0 radical (unpaired) electrons. The average molecular weight is 203 g/mol. The van der Waals surface area contributed by atoms with Crippen LogP contribution in [-0.2, 0) is 0 Å². The number of aliphatic hydroxyl groups excluding tert-OH is 1. The van der Waals surface area contributed by atoms with Crippen molar-refractivity contribution in [1.82, 2.24) is 5.32 Å². The highest BCUT2D eigenvalue weighted by Gasteiger charge is 2.41. The van der Waals surface area contributed by atoms with Crippen LogP contribution < -0.4 is 5.32 Å². The van der Waals surface area contributed by atoms with Gasteiger partial charge in [0.1, 0.15) is 0 Å². The van der Waals surface area contributed by atoms with E-state index in [1.165, 1.54) is 5.56 Å². The molecule has 1 saturated carbocycles. The molecule has 15 heavy (non-hydrogen) atoms. The van der Waals surface area contributed by atoms with Crippen molar-refractivity contribution in [2.24, 2.45) is 0 Å². The van der Waals surface area contributed by atoms with Crippen LogP contribution in [-0.4, -0.2) is 23.8 Å². The van der Waals surface area contributed by atoms with E-state index in [0.717, 1.165) is 25.0 Å². The summed E-state index contributed by atoms with van der Waals surface area (Å²) in [6, 6.07) is 10.1. The average Bonchev–Trinajstić information content (AvgIpc) is 3.08. The van der Waals surface area contributed by atoms with Gasteiger partial charge >= 0.3 is 0 Å². The zero-order valence-electron chi connectivity index (χ0n) is 8.87. The summed E-state index contributed by atoms with van der Waals surface area (Å²) in [6.07, 6.45) is 2.15. The molecule has 80 valence electrons. The van der Waals surface area contributed by atoms with E-state index < -0.39 is 0 Å². The minimum atomic E-state index is -0.00226. The summed E-state index contributed by atoms with van der Waals surface area (Å²) < 4.78 is 0. The Hall–Kier alpha value is -1.12. The highest BCUT2D eigenvalue weighted by molar-refractivity contribution is 5.64. The fraction of sp³-hybridized carbons (Fsp3) is 0.385. The van der Waals surface area contributed by atoms with E-state index in [9.17, 15) is 0 Å². The Labute approximate surface area is 90.6 Å². The third-order valence-electron chi connectivity index (χ3n) is 3.02. The Bertz CT molecular complexity index is 341. The third kappa shape index (κ3) is 2.46. The molecule has 0 spiro atoms. The van der Waals surface area contributed by atoms with Gasteiger partial charge in [0.05, 0.1) is 6.61 Å². The first-order valence-electron chi connectivity index (χ1n) is 5.35. The number of nitrogens with one attached hydrogen (secondary N) is 1. The maximum atomic E-state index is 9.15. The lowest BCUT2D eigenvalue weighted by molar-refractivity contribution is 0.235. The Morgan fingerprint density at radius 1 is 1.33 bits per heavy atom. The number of hydrogen-bond acceptors (Lipinski definition) is 2. The van der Waals surface area contributed by atoms with Crippen LogP contribution in [0.25, 0.3) is 5.57 Å². The zero-order chi connectivity index (χ0) is 10.7. The molecule has 2 rings (SSSR count). The van der Waals surface area contributed by atoms with Gasteiger partial charge < -0.3 is 10.4 Å². The molecule has 0 bridgehead atoms. The summed E-state index contributed by atoms with van der Waals surface area (Å²) in [4.78, 5) is 0. The lowest BCUT2D eigenvalue weighted by Gasteiger charge is -2.15. The molecule has 0 unspecified atom stereocenters. The fourth-order valence-corrected chi connectivity index (χ4v) is 1.61. The maximum Gasteiger partial charge on any atom is 0.0613 e. The van der Waals surface area contributed by atoms with Crippen molar-refractivity contribution in [3.63, 3.8) is 0 Å². The highest BCUT2D eigenvalue weighted by Crippen LogP contribution is 2.34. The van der Waals surface area contributed by atoms with Gasteiger partial charge in [0.15, 0.2) is 0 Å². The highest BCUT2D eigenvalue weighted by atomic mass is 16.3. The molecule has 1 aliphatic carbocycles. The SMILES string of the molecule is C=C(CNC1(CO)CC1)c1ccccc1. The van der Waals surface area contributed by atoms with Gasteiger partial charge in [0.2, 0.25) is 0 Å². The molecule has 2 N–H and O–H groups in total. The van der Waals surface area contributed by atoms with Crippen molar-refractivity contribution in [2.75, 3.05) is 13.2 Å². The molecular weight excluding hydrogens is 186 g/mol. The van der Waals surface area contributed by atoms with Crippen LogP contribution in [0.2, 0.25) is 0 Å². The summed E-state index contributed by atoms with van der Waals surface area (Å²) >= 11 is 0. The van der Waals surface area contributed by atoms with E-state index >= 15 is 0 Å². The second-order valence-electron chi connectivity index (χ2n) is 4.26. The molecule has 0 amide bonds. The van der Waals surface area contributed by atoms with Crippen LogP contribution in [0.1, 0.15) is 18.4 Å². The predicted molar refractivity (Wildman–Crippen MR) is 62.5 cm³/mol. The Balaban J connectivity index is 1.88. The zero-order valence-corrected chi connectivity index (χ0v) is 8.87. The molecule has 2 heteroatoms. The lowest BCUT2D eigenvalue weighted by atomic mass is 10.1. The number of aliphatic hydroxyl groups is 1. The van der Waals surface area contributed by atoms with E-state index in [1.54, 1.807) is 0 Å². The first kappa shape index (κ1) is 10.4. The van der Waals surface area contributed by atoms with Crippen LogP contribution in [0.3, 0.4) is 0 Å². The van der Waals surface area contributed by atoms with Gasteiger partial charge in [-0.25, -0.2) is 0 Å². The van der Waals surface area contributed by atoms with Gasteiger partial charge in [-0.15, -0.1) is 0 Å². The van der Waals surface area contributed by atoms with Crippen LogP contribution in [0.15, 0.2) is 36.9 Å². The summed E-state index contributed by atoms with van der Waals surface area (Å²) in [6.45, 7) is 5.03. The molecule has 0 aromatic heterocycles. The smallest absolute Gasteiger partial charge is 0.0613 e. The third-order valence-corrected chi connectivity index (χ3v) is 3.02.